The first kappa shape index (κ1) is 24.5. The van der Waals surface area contributed by atoms with Crippen LogP contribution in [0.25, 0.3) is 33.5 Å². The monoisotopic (exact) mass is 508 g/mol. The highest BCUT2D eigenvalue weighted by Crippen LogP contribution is 2.35. The number of hydrogen-bond acceptors (Lipinski definition) is 7. The predicted octanol–water partition coefficient (Wildman–Crippen LogP) is 4.72. The Morgan fingerprint density at radius 3 is 2.50 bits per heavy atom. The molecule has 3 aromatic carbocycles. The summed E-state index contributed by atoms with van der Waals surface area (Å²) in [5.74, 6) is 0.326. The van der Waals surface area contributed by atoms with Gasteiger partial charge in [0.25, 0.3) is 5.91 Å². The van der Waals surface area contributed by atoms with E-state index in [4.69, 9.17) is 9.47 Å². The van der Waals surface area contributed by atoms with E-state index in [1.54, 1.807) is 67.9 Å². The van der Waals surface area contributed by atoms with Crippen molar-refractivity contribution in [1.82, 2.24) is 20.3 Å². The van der Waals surface area contributed by atoms with E-state index in [1.807, 2.05) is 18.2 Å². The Balaban J connectivity index is 1.36. The smallest absolute Gasteiger partial charge is 0.337 e. The number of H-pyrrole nitrogens is 1. The molecule has 0 saturated heterocycles. The van der Waals surface area contributed by atoms with Crippen molar-refractivity contribution < 1.29 is 24.2 Å². The Bertz CT molecular complexity index is 1640. The second-order valence-electron chi connectivity index (χ2n) is 8.48. The number of aromatic amines is 1. The van der Waals surface area contributed by atoms with Gasteiger partial charge in [0.15, 0.2) is 0 Å². The van der Waals surface area contributed by atoms with Crippen molar-refractivity contribution in [3.8, 4) is 34.1 Å². The molecule has 0 spiro atoms. The third-order valence-electron chi connectivity index (χ3n) is 6.10. The number of esters is 1. The van der Waals surface area contributed by atoms with E-state index in [1.165, 1.54) is 7.11 Å². The maximum absolute atomic E-state index is 12.8. The molecule has 0 atom stereocenters. The zero-order valence-corrected chi connectivity index (χ0v) is 20.7. The molecule has 5 rings (SSSR count). The number of nitrogens with zero attached hydrogens (tertiary/aromatic N) is 2. The minimum atomic E-state index is -0.413. The second kappa shape index (κ2) is 10.4. The zero-order valence-electron chi connectivity index (χ0n) is 20.7. The topological polar surface area (TPSA) is 126 Å². The van der Waals surface area contributed by atoms with Gasteiger partial charge in [0, 0.05) is 23.9 Å². The van der Waals surface area contributed by atoms with Gasteiger partial charge in [-0.15, -0.1) is 0 Å². The maximum atomic E-state index is 12.8. The number of benzene rings is 3. The molecule has 0 unspecified atom stereocenters. The normalized spacial score (nSPS) is 10.8. The van der Waals surface area contributed by atoms with Gasteiger partial charge in [-0.1, -0.05) is 18.2 Å². The fourth-order valence-corrected chi connectivity index (χ4v) is 4.10. The van der Waals surface area contributed by atoms with Crippen LogP contribution in [-0.2, 0) is 11.3 Å². The molecular formula is C29H24N4O5. The molecule has 0 aliphatic carbocycles. The van der Waals surface area contributed by atoms with Crippen LogP contribution in [-0.4, -0.2) is 46.2 Å². The Morgan fingerprint density at radius 1 is 0.947 bits per heavy atom. The maximum Gasteiger partial charge on any atom is 0.337 e. The zero-order chi connectivity index (χ0) is 26.6. The van der Waals surface area contributed by atoms with Crippen LogP contribution in [0.4, 0.5) is 0 Å². The third kappa shape index (κ3) is 4.90. The van der Waals surface area contributed by atoms with Gasteiger partial charge in [-0.25, -0.2) is 14.8 Å². The minimum Gasteiger partial charge on any atom is -0.507 e. The third-order valence-corrected chi connectivity index (χ3v) is 6.10. The first-order valence-electron chi connectivity index (χ1n) is 11.7. The summed E-state index contributed by atoms with van der Waals surface area (Å²) in [6.07, 6.45) is 1.65. The van der Waals surface area contributed by atoms with Gasteiger partial charge in [-0.2, -0.15) is 0 Å². The fourth-order valence-electron chi connectivity index (χ4n) is 4.10. The fraction of sp³-hybridized carbons (Fsp3) is 0.103. The SMILES string of the molecule is COC(=O)c1ccc(CNC(=O)c2ccc3[nH]c(-c4cc(-c5cccnc5OC)ccc4O)nc3c2)cc1. The number of carbonyl (C=O) groups is 2. The molecule has 2 aromatic heterocycles. The van der Waals surface area contributed by atoms with E-state index < -0.39 is 5.97 Å². The predicted molar refractivity (Wildman–Crippen MR) is 142 cm³/mol. The number of imidazole rings is 1. The summed E-state index contributed by atoms with van der Waals surface area (Å²) >= 11 is 0. The Morgan fingerprint density at radius 2 is 1.74 bits per heavy atom. The summed E-state index contributed by atoms with van der Waals surface area (Å²) in [7, 11) is 2.89. The number of ether oxygens (including phenoxy) is 2. The van der Waals surface area contributed by atoms with E-state index in [2.05, 4.69) is 20.3 Å². The number of carbonyl (C=O) groups excluding carboxylic acids is 2. The molecule has 3 N–H and O–H groups in total. The van der Waals surface area contributed by atoms with Crippen LogP contribution in [0.1, 0.15) is 26.3 Å². The lowest BCUT2D eigenvalue weighted by atomic mass is 10.0. The molecule has 0 aliphatic heterocycles. The number of nitrogens with one attached hydrogen (secondary N) is 2. The number of fused-ring (bicyclic) bond motifs is 1. The van der Waals surface area contributed by atoms with Crippen molar-refractivity contribution in [2.24, 2.45) is 0 Å². The number of methoxy groups -OCH3 is 2. The number of phenols is 1. The van der Waals surface area contributed by atoms with Crippen LogP contribution in [0.5, 0.6) is 11.6 Å². The summed E-state index contributed by atoms with van der Waals surface area (Å²) in [5, 5.41) is 13.4. The molecule has 0 bridgehead atoms. The molecule has 0 saturated carbocycles. The summed E-state index contributed by atoms with van der Waals surface area (Å²) in [5.41, 5.74) is 5.13. The molecule has 5 aromatic rings. The van der Waals surface area contributed by atoms with Crippen molar-refractivity contribution in [2.75, 3.05) is 14.2 Å². The Labute approximate surface area is 218 Å². The number of pyridine rings is 1. The number of aromatic hydroxyl groups is 1. The van der Waals surface area contributed by atoms with Gasteiger partial charge in [0.05, 0.1) is 36.4 Å². The molecule has 190 valence electrons. The lowest BCUT2D eigenvalue weighted by Gasteiger charge is -2.09. The van der Waals surface area contributed by atoms with Crippen molar-refractivity contribution >= 4 is 22.9 Å². The van der Waals surface area contributed by atoms with Gasteiger partial charge in [0.2, 0.25) is 5.88 Å². The van der Waals surface area contributed by atoms with E-state index >= 15 is 0 Å². The highest BCUT2D eigenvalue weighted by molar-refractivity contribution is 5.98. The molecule has 0 aliphatic rings. The van der Waals surface area contributed by atoms with Crippen molar-refractivity contribution in [3.05, 3.63) is 95.7 Å². The van der Waals surface area contributed by atoms with E-state index in [-0.39, 0.29) is 11.7 Å². The molecule has 9 heteroatoms. The minimum absolute atomic E-state index is 0.0619. The van der Waals surface area contributed by atoms with Crippen LogP contribution in [0.3, 0.4) is 0 Å². The largest absolute Gasteiger partial charge is 0.507 e. The average Bonchev–Trinajstić information content (AvgIpc) is 3.39. The number of hydrogen-bond donors (Lipinski definition) is 3. The average molecular weight is 509 g/mol. The van der Waals surface area contributed by atoms with Gasteiger partial charge in [0.1, 0.15) is 11.6 Å². The second-order valence-corrected chi connectivity index (χ2v) is 8.48. The van der Waals surface area contributed by atoms with Crippen molar-refractivity contribution in [1.29, 1.82) is 0 Å². The molecule has 2 heterocycles. The summed E-state index contributed by atoms with van der Waals surface area (Å²) in [6, 6.07) is 20.9. The van der Waals surface area contributed by atoms with Crippen LogP contribution in [0.15, 0.2) is 79.0 Å². The molecule has 0 fully saturated rings. The molecule has 38 heavy (non-hydrogen) atoms. The number of aromatic nitrogens is 3. The Kier molecular flexibility index (Phi) is 6.73. The lowest BCUT2D eigenvalue weighted by molar-refractivity contribution is 0.0600. The molecule has 9 nitrogen and oxygen atoms in total. The summed E-state index contributed by atoms with van der Waals surface area (Å²) in [4.78, 5) is 36.5. The first-order chi connectivity index (χ1) is 18.5. The van der Waals surface area contributed by atoms with Crippen LogP contribution in [0.2, 0.25) is 0 Å². The highest BCUT2D eigenvalue weighted by Gasteiger charge is 2.15. The Hall–Kier alpha value is -5.18. The van der Waals surface area contributed by atoms with E-state index in [0.717, 1.165) is 22.2 Å². The highest BCUT2D eigenvalue weighted by atomic mass is 16.5. The molecule has 0 radical (unpaired) electrons. The number of rotatable bonds is 7. The van der Waals surface area contributed by atoms with Gasteiger partial charge in [-0.3, -0.25) is 4.79 Å². The van der Waals surface area contributed by atoms with Crippen LogP contribution >= 0.6 is 0 Å². The van der Waals surface area contributed by atoms with Gasteiger partial charge >= 0.3 is 5.97 Å². The van der Waals surface area contributed by atoms with Gasteiger partial charge < -0.3 is 24.9 Å². The molecule has 1 amide bonds. The number of phenolic OH excluding ortho intramolecular Hbond substituents is 1. The van der Waals surface area contributed by atoms with Gasteiger partial charge in [-0.05, 0) is 65.7 Å². The van der Waals surface area contributed by atoms with Crippen molar-refractivity contribution in [3.63, 3.8) is 0 Å². The van der Waals surface area contributed by atoms with Crippen molar-refractivity contribution in [2.45, 2.75) is 6.54 Å². The number of amides is 1. The van der Waals surface area contributed by atoms with Crippen LogP contribution in [0, 0.1) is 0 Å². The summed E-state index contributed by atoms with van der Waals surface area (Å²) in [6.45, 7) is 0.294. The van der Waals surface area contributed by atoms with E-state index in [9.17, 15) is 14.7 Å². The first-order valence-corrected chi connectivity index (χ1v) is 11.7. The lowest BCUT2D eigenvalue weighted by Crippen LogP contribution is -2.22. The standard InChI is InChI=1S/C29H24N4O5/c1-37-28-21(4-3-13-30-28)19-10-12-25(34)22(14-19)26-32-23-11-9-20(15-24(23)33-26)27(35)31-16-17-5-7-18(8-6-17)29(36)38-2/h3-15,34H,16H2,1-2H3,(H,31,35)(H,32,33). The van der Waals surface area contributed by atoms with Crippen LogP contribution < -0.4 is 10.1 Å². The quantitative estimate of drug-likeness (QED) is 0.272. The molecular weight excluding hydrogens is 484 g/mol. The summed E-state index contributed by atoms with van der Waals surface area (Å²) < 4.78 is 10.1. The van der Waals surface area contributed by atoms with E-state index in [0.29, 0.717) is 40.5 Å².